The van der Waals surface area contributed by atoms with Crippen LogP contribution in [0.3, 0.4) is 0 Å². The molecule has 1 rings (SSSR count). The van der Waals surface area contributed by atoms with E-state index in [0.717, 1.165) is 5.56 Å². The average molecular weight is 299 g/mol. The zero-order chi connectivity index (χ0) is 15.2. The van der Waals surface area contributed by atoms with E-state index < -0.39 is 25.8 Å². The van der Waals surface area contributed by atoms with E-state index in [2.05, 4.69) is 5.32 Å². The third kappa shape index (κ3) is 6.63. The molecular formula is C13H18NO5P. The maximum Gasteiger partial charge on any atom is 0.329 e. The Kier molecular flexibility index (Phi) is 6.10. The van der Waals surface area contributed by atoms with E-state index in [0.29, 0.717) is 12.1 Å². The Morgan fingerprint density at radius 2 is 1.95 bits per heavy atom. The molecule has 0 saturated carbocycles. The summed E-state index contributed by atoms with van der Waals surface area (Å²) in [6, 6.07) is 8.30. The molecule has 0 heterocycles. The van der Waals surface area contributed by atoms with Crippen molar-refractivity contribution in [3.05, 3.63) is 47.5 Å². The van der Waals surface area contributed by atoms with E-state index in [-0.39, 0.29) is 0 Å². The number of benzene rings is 1. The van der Waals surface area contributed by atoms with Crippen LogP contribution in [0.25, 0.3) is 0 Å². The minimum Gasteiger partial charge on any atom is -0.480 e. The van der Waals surface area contributed by atoms with E-state index in [1.165, 1.54) is 13.0 Å². The van der Waals surface area contributed by atoms with Gasteiger partial charge in [0.05, 0.1) is 6.16 Å². The molecule has 1 aromatic rings. The van der Waals surface area contributed by atoms with Gasteiger partial charge in [-0.15, -0.1) is 0 Å². The van der Waals surface area contributed by atoms with Crippen LogP contribution in [0, 0.1) is 0 Å². The summed E-state index contributed by atoms with van der Waals surface area (Å²) in [6.07, 6.45) is 0.883. The van der Waals surface area contributed by atoms with Gasteiger partial charge in [-0.1, -0.05) is 42.0 Å². The number of hydrogen-bond donors (Lipinski definition) is 4. The molecular weight excluding hydrogens is 281 g/mol. The first kappa shape index (κ1) is 16.6. The summed E-state index contributed by atoms with van der Waals surface area (Å²) in [5.41, 5.74) is 1.27. The molecule has 0 aliphatic heterocycles. The monoisotopic (exact) mass is 299 g/mol. The van der Waals surface area contributed by atoms with Gasteiger partial charge in [-0.25, -0.2) is 0 Å². The van der Waals surface area contributed by atoms with Gasteiger partial charge in [0, 0.05) is 6.54 Å². The number of nitrogens with one attached hydrogen (secondary N) is 1. The third-order valence-electron chi connectivity index (χ3n) is 2.54. The highest BCUT2D eigenvalue weighted by Gasteiger charge is 2.18. The van der Waals surface area contributed by atoms with Crippen LogP contribution in [0.1, 0.15) is 12.5 Å². The van der Waals surface area contributed by atoms with Crippen LogP contribution in [0.2, 0.25) is 0 Å². The van der Waals surface area contributed by atoms with Gasteiger partial charge in [0.2, 0.25) is 0 Å². The Balaban J connectivity index is 2.68. The van der Waals surface area contributed by atoms with E-state index in [9.17, 15) is 9.36 Å². The second-order valence-corrected chi connectivity index (χ2v) is 6.16. The predicted molar refractivity (Wildman–Crippen MR) is 75.4 cm³/mol. The van der Waals surface area contributed by atoms with Crippen LogP contribution in [-0.2, 0) is 15.9 Å². The standard InChI is InChI=1S/C13H18NO5P/c1-10(9-20(17,18)19)7-12(13(15)16)14-8-11-5-3-2-4-6-11/h2-7,12,14H,8-9H2,1H3,(H,15,16)(H2,17,18,19). The van der Waals surface area contributed by atoms with Crippen LogP contribution in [0.15, 0.2) is 42.0 Å². The van der Waals surface area contributed by atoms with Gasteiger partial charge in [0.25, 0.3) is 0 Å². The van der Waals surface area contributed by atoms with Crippen LogP contribution in [0.5, 0.6) is 0 Å². The van der Waals surface area contributed by atoms with Gasteiger partial charge in [-0.2, -0.15) is 0 Å². The van der Waals surface area contributed by atoms with Gasteiger partial charge in [0.15, 0.2) is 0 Å². The summed E-state index contributed by atoms with van der Waals surface area (Å²) in [7, 11) is -4.17. The summed E-state index contributed by atoms with van der Waals surface area (Å²) in [6.45, 7) is 1.86. The van der Waals surface area contributed by atoms with E-state index >= 15 is 0 Å². The molecule has 0 fully saturated rings. The lowest BCUT2D eigenvalue weighted by molar-refractivity contribution is -0.138. The van der Waals surface area contributed by atoms with Crippen molar-refractivity contribution < 1.29 is 24.3 Å². The zero-order valence-corrected chi connectivity index (χ0v) is 12.0. The summed E-state index contributed by atoms with van der Waals surface area (Å²) in [5, 5.41) is 11.9. The maximum atomic E-state index is 11.1. The molecule has 0 radical (unpaired) electrons. The van der Waals surface area contributed by atoms with Crippen molar-refractivity contribution in [2.75, 3.05) is 6.16 Å². The summed E-state index contributed by atoms with van der Waals surface area (Å²) < 4.78 is 10.9. The van der Waals surface area contributed by atoms with Crippen LogP contribution in [-0.4, -0.2) is 33.1 Å². The number of allylic oxidation sites excluding steroid dienone is 1. The van der Waals surface area contributed by atoms with Gasteiger partial charge in [-0.05, 0) is 12.5 Å². The first-order valence-corrected chi connectivity index (χ1v) is 7.79. The summed E-state index contributed by atoms with van der Waals surface area (Å²) in [5.74, 6) is -1.09. The van der Waals surface area contributed by atoms with Crippen molar-refractivity contribution in [1.82, 2.24) is 5.32 Å². The minimum absolute atomic E-state index is 0.339. The SMILES string of the molecule is CC(=CC(NCc1ccccc1)C(=O)O)CP(=O)(O)O. The van der Waals surface area contributed by atoms with Gasteiger partial charge in [-0.3, -0.25) is 14.7 Å². The summed E-state index contributed by atoms with van der Waals surface area (Å²) >= 11 is 0. The molecule has 1 unspecified atom stereocenters. The molecule has 4 N–H and O–H groups in total. The van der Waals surface area contributed by atoms with Crippen molar-refractivity contribution in [3.63, 3.8) is 0 Å². The molecule has 0 aromatic heterocycles. The molecule has 110 valence electrons. The summed E-state index contributed by atoms with van der Waals surface area (Å²) in [4.78, 5) is 28.8. The molecule has 0 amide bonds. The number of carbonyl (C=O) groups is 1. The average Bonchev–Trinajstić information content (AvgIpc) is 2.33. The van der Waals surface area contributed by atoms with Crippen molar-refractivity contribution in [1.29, 1.82) is 0 Å². The molecule has 0 spiro atoms. The van der Waals surface area contributed by atoms with E-state index in [1.807, 2.05) is 30.3 Å². The number of hydrogen-bond acceptors (Lipinski definition) is 3. The molecule has 1 aromatic carbocycles. The van der Waals surface area contributed by atoms with Crippen molar-refractivity contribution >= 4 is 13.6 Å². The lowest BCUT2D eigenvalue weighted by Crippen LogP contribution is -2.34. The maximum absolute atomic E-state index is 11.1. The van der Waals surface area contributed by atoms with E-state index in [4.69, 9.17) is 14.9 Å². The first-order chi connectivity index (χ1) is 9.28. The fourth-order valence-corrected chi connectivity index (χ4v) is 2.46. The molecule has 6 nitrogen and oxygen atoms in total. The fraction of sp³-hybridized carbons (Fsp3) is 0.308. The number of carboxylic acids is 1. The minimum atomic E-state index is -4.17. The van der Waals surface area contributed by atoms with Crippen LogP contribution < -0.4 is 5.32 Å². The molecule has 0 bridgehead atoms. The van der Waals surface area contributed by atoms with Gasteiger partial charge >= 0.3 is 13.6 Å². The lowest BCUT2D eigenvalue weighted by Gasteiger charge is -2.12. The molecule has 0 aliphatic carbocycles. The number of carboxylic acid groups (broad SMARTS) is 1. The van der Waals surface area contributed by atoms with Gasteiger partial charge in [0.1, 0.15) is 6.04 Å². The molecule has 1 atom stereocenters. The van der Waals surface area contributed by atoms with Crippen molar-refractivity contribution in [2.45, 2.75) is 19.5 Å². The highest BCUT2D eigenvalue weighted by atomic mass is 31.2. The number of rotatable bonds is 7. The van der Waals surface area contributed by atoms with Crippen molar-refractivity contribution in [3.8, 4) is 0 Å². The largest absolute Gasteiger partial charge is 0.480 e. The first-order valence-electron chi connectivity index (χ1n) is 6.00. The highest BCUT2D eigenvalue weighted by Crippen LogP contribution is 2.36. The quantitative estimate of drug-likeness (QED) is 0.447. The third-order valence-corrected chi connectivity index (χ3v) is 3.45. The Bertz CT molecular complexity index is 523. The van der Waals surface area contributed by atoms with Crippen LogP contribution >= 0.6 is 7.60 Å². The Hall–Kier alpha value is -1.46. The van der Waals surface area contributed by atoms with E-state index in [1.54, 1.807) is 0 Å². The second kappa shape index (κ2) is 7.36. The fourth-order valence-electron chi connectivity index (χ4n) is 1.70. The Morgan fingerprint density at radius 1 is 1.35 bits per heavy atom. The van der Waals surface area contributed by atoms with Crippen LogP contribution in [0.4, 0.5) is 0 Å². The Morgan fingerprint density at radius 3 is 2.45 bits per heavy atom. The molecule has 20 heavy (non-hydrogen) atoms. The highest BCUT2D eigenvalue weighted by molar-refractivity contribution is 7.52. The lowest BCUT2D eigenvalue weighted by atomic mass is 10.1. The van der Waals surface area contributed by atoms with Crippen molar-refractivity contribution in [2.24, 2.45) is 0 Å². The zero-order valence-electron chi connectivity index (χ0n) is 11.1. The molecule has 0 saturated heterocycles. The normalized spacial score (nSPS) is 14.1. The topological polar surface area (TPSA) is 107 Å². The second-order valence-electron chi connectivity index (χ2n) is 4.52. The molecule has 7 heteroatoms. The Labute approximate surface area is 117 Å². The van der Waals surface area contributed by atoms with Gasteiger partial charge < -0.3 is 14.9 Å². The number of aliphatic carboxylic acids is 1. The predicted octanol–water partition coefficient (Wildman–Crippen LogP) is 1.35. The smallest absolute Gasteiger partial charge is 0.329 e. The molecule has 0 aliphatic rings.